The molecule has 0 radical (unpaired) electrons. The highest BCUT2D eigenvalue weighted by molar-refractivity contribution is 6.36. The highest BCUT2D eigenvalue weighted by Gasteiger charge is 2.17. The molecule has 0 atom stereocenters. The van der Waals surface area contributed by atoms with Gasteiger partial charge in [-0.25, -0.2) is 0 Å². The predicted octanol–water partition coefficient (Wildman–Crippen LogP) is 6.27. The predicted molar refractivity (Wildman–Crippen MR) is 119 cm³/mol. The molecule has 0 saturated carbocycles. The molecule has 6 nitrogen and oxygen atoms in total. The summed E-state index contributed by atoms with van der Waals surface area (Å²) in [6.07, 6.45) is 0. The van der Waals surface area contributed by atoms with Gasteiger partial charge in [-0.15, -0.1) is 0 Å². The summed E-state index contributed by atoms with van der Waals surface area (Å²) >= 11 is 12.1. The van der Waals surface area contributed by atoms with E-state index in [4.69, 9.17) is 36.8 Å². The Hall–Kier alpha value is -3.19. The second-order valence-corrected chi connectivity index (χ2v) is 7.42. The van der Waals surface area contributed by atoms with Gasteiger partial charge >= 0.3 is 0 Å². The van der Waals surface area contributed by atoms with Gasteiger partial charge in [0.2, 0.25) is 0 Å². The summed E-state index contributed by atoms with van der Waals surface area (Å²) in [6, 6.07) is 16.8. The minimum atomic E-state index is -0.428. The van der Waals surface area contributed by atoms with Crippen molar-refractivity contribution in [3.8, 4) is 28.4 Å². The molecule has 1 amide bonds. The Morgan fingerprint density at radius 3 is 2.45 bits per heavy atom. The Kier molecular flexibility index (Phi) is 6.04. The maximum atomic E-state index is 12.7. The maximum Gasteiger partial charge on any atom is 0.291 e. The topological polar surface area (TPSA) is 84.8 Å². The molecule has 4 aromatic rings. The molecule has 158 valence electrons. The number of aliphatic hydroxyl groups excluding tert-OH is 1. The Bertz CT molecular complexity index is 1240. The van der Waals surface area contributed by atoms with Gasteiger partial charge in [-0.05, 0) is 60.7 Å². The van der Waals surface area contributed by atoms with E-state index in [0.29, 0.717) is 49.9 Å². The molecule has 2 N–H and O–H groups in total. The van der Waals surface area contributed by atoms with E-state index >= 15 is 0 Å². The number of carbonyl (C=O) groups excluding carboxylic acids is 1. The fourth-order valence-electron chi connectivity index (χ4n) is 3.07. The summed E-state index contributed by atoms with van der Waals surface area (Å²) in [5.74, 6) is 1.65. The molecule has 2 aromatic carbocycles. The van der Waals surface area contributed by atoms with Crippen molar-refractivity contribution in [3.05, 3.63) is 82.2 Å². The monoisotopic (exact) mass is 457 g/mol. The Morgan fingerprint density at radius 2 is 1.74 bits per heavy atom. The summed E-state index contributed by atoms with van der Waals surface area (Å²) in [5, 5.41) is 13.0. The number of rotatable bonds is 6. The third kappa shape index (κ3) is 4.46. The number of carbonyl (C=O) groups is 1. The van der Waals surface area contributed by atoms with Gasteiger partial charge in [0.15, 0.2) is 5.76 Å². The van der Waals surface area contributed by atoms with Gasteiger partial charge in [0.1, 0.15) is 29.6 Å². The van der Waals surface area contributed by atoms with E-state index in [1.54, 1.807) is 67.8 Å². The number of methoxy groups -OCH3 is 1. The highest BCUT2D eigenvalue weighted by Crippen LogP contribution is 2.35. The summed E-state index contributed by atoms with van der Waals surface area (Å²) in [4.78, 5) is 12.7. The van der Waals surface area contributed by atoms with Gasteiger partial charge in [0, 0.05) is 16.3 Å². The van der Waals surface area contributed by atoms with Crippen molar-refractivity contribution in [2.45, 2.75) is 6.61 Å². The van der Waals surface area contributed by atoms with Gasteiger partial charge < -0.3 is 24.0 Å². The number of ether oxygens (including phenoxy) is 1. The number of aliphatic hydroxyl groups is 1. The molecule has 0 aliphatic heterocycles. The second kappa shape index (κ2) is 8.89. The van der Waals surface area contributed by atoms with Crippen LogP contribution in [0.5, 0.6) is 5.75 Å². The zero-order chi connectivity index (χ0) is 22.0. The number of benzene rings is 2. The quantitative estimate of drug-likeness (QED) is 0.356. The Labute approximate surface area is 188 Å². The summed E-state index contributed by atoms with van der Waals surface area (Å²) in [6.45, 7) is -0.211. The van der Waals surface area contributed by atoms with Crippen molar-refractivity contribution < 1.29 is 23.5 Å². The number of anilines is 1. The molecule has 0 aliphatic rings. The van der Waals surface area contributed by atoms with Gasteiger partial charge in [0.25, 0.3) is 5.91 Å². The van der Waals surface area contributed by atoms with Crippen molar-refractivity contribution in [3.63, 3.8) is 0 Å². The molecule has 0 unspecified atom stereocenters. The molecule has 4 rings (SSSR count). The van der Waals surface area contributed by atoms with Crippen LogP contribution in [0, 0.1) is 0 Å². The fourth-order valence-corrected chi connectivity index (χ4v) is 3.57. The fraction of sp³-hybridized carbons (Fsp3) is 0.0870. The van der Waals surface area contributed by atoms with Crippen LogP contribution in [0.1, 0.15) is 16.3 Å². The first-order valence-corrected chi connectivity index (χ1v) is 9.98. The second-order valence-electron chi connectivity index (χ2n) is 6.58. The number of hydrogen-bond acceptors (Lipinski definition) is 5. The first kappa shape index (κ1) is 21.1. The van der Waals surface area contributed by atoms with Crippen molar-refractivity contribution in [1.29, 1.82) is 0 Å². The minimum absolute atomic E-state index is 0.124. The molecular formula is C23H17Cl2NO5. The molecule has 2 heterocycles. The summed E-state index contributed by atoms with van der Waals surface area (Å²) < 4.78 is 16.7. The lowest BCUT2D eigenvalue weighted by molar-refractivity contribution is 0.0997. The minimum Gasteiger partial charge on any atom is -0.496 e. The van der Waals surface area contributed by atoms with Crippen LogP contribution < -0.4 is 10.1 Å². The molecule has 0 spiro atoms. The molecular weight excluding hydrogens is 441 g/mol. The first-order chi connectivity index (χ1) is 15.0. The van der Waals surface area contributed by atoms with E-state index in [1.807, 2.05) is 0 Å². The summed E-state index contributed by atoms with van der Waals surface area (Å²) in [7, 11) is 1.54. The first-order valence-electron chi connectivity index (χ1n) is 9.23. The van der Waals surface area contributed by atoms with E-state index in [1.165, 1.54) is 0 Å². The molecule has 31 heavy (non-hydrogen) atoms. The molecule has 0 aliphatic carbocycles. The lowest BCUT2D eigenvalue weighted by Gasteiger charge is -2.10. The molecule has 0 fully saturated rings. The van der Waals surface area contributed by atoms with E-state index in [0.717, 1.165) is 0 Å². The van der Waals surface area contributed by atoms with Gasteiger partial charge in [0.05, 0.1) is 17.7 Å². The average Bonchev–Trinajstić information content (AvgIpc) is 3.43. The largest absolute Gasteiger partial charge is 0.496 e. The van der Waals surface area contributed by atoms with Crippen LogP contribution in [-0.2, 0) is 6.61 Å². The van der Waals surface area contributed by atoms with E-state index in [2.05, 4.69) is 5.32 Å². The van der Waals surface area contributed by atoms with Crippen molar-refractivity contribution in [2.24, 2.45) is 0 Å². The number of hydrogen-bond donors (Lipinski definition) is 2. The van der Waals surface area contributed by atoms with Crippen LogP contribution in [0.3, 0.4) is 0 Å². The lowest BCUT2D eigenvalue weighted by atomic mass is 10.1. The number of amides is 1. The van der Waals surface area contributed by atoms with Crippen molar-refractivity contribution in [1.82, 2.24) is 0 Å². The number of halogens is 2. The van der Waals surface area contributed by atoms with Crippen LogP contribution in [0.25, 0.3) is 22.6 Å². The smallest absolute Gasteiger partial charge is 0.291 e. The van der Waals surface area contributed by atoms with Crippen molar-refractivity contribution >= 4 is 34.8 Å². The summed E-state index contributed by atoms with van der Waals surface area (Å²) in [5.41, 5.74) is 1.78. The van der Waals surface area contributed by atoms with Crippen LogP contribution in [-0.4, -0.2) is 18.1 Å². The van der Waals surface area contributed by atoms with Crippen LogP contribution >= 0.6 is 23.2 Å². The number of nitrogens with one attached hydrogen (secondary N) is 1. The third-order valence-corrected chi connectivity index (χ3v) is 5.11. The Morgan fingerprint density at radius 1 is 0.968 bits per heavy atom. The molecule has 2 aromatic heterocycles. The van der Waals surface area contributed by atoms with Crippen LogP contribution in [0.4, 0.5) is 5.69 Å². The SMILES string of the molecule is COc1ccc(NC(=O)c2ccc(-c3ccc(Cl)cc3Cl)o2)cc1-c1ccc(CO)o1. The third-order valence-electron chi connectivity index (χ3n) is 4.57. The lowest BCUT2D eigenvalue weighted by Crippen LogP contribution is -2.10. The van der Waals surface area contributed by atoms with Crippen LogP contribution in [0.2, 0.25) is 10.0 Å². The highest BCUT2D eigenvalue weighted by atomic mass is 35.5. The average molecular weight is 458 g/mol. The van der Waals surface area contributed by atoms with E-state index in [9.17, 15) is 9.90 Å². The molecule has 0 saturated heterocycles. The zero-order valence-electron chi connectivity index (χ0n) is 16.3. The van der Waals surface area contributed by atoms with Crippen molar-refractivity contribution in [2.75, 3.05) is 12.4 Å². The normalized spacial score (nSPS) is 10.8. The molecule has 8 heteroatoms. The standard InChI is InChI=1S/C23H17Cl2NO5/c1-29-19-6-3-14(11-17(19)21-7-4-15(12-27)30-21)26-23(28)22-9-8-20(31-22)16-5-2-13(24)10-18(16)25/h2-11,27H,12H2,1H3,(H,26,28). The maximum absolute atomic E-state index is 12.7. The van der Waals surface area contributed by atoms with Gasteiger partial charge in [-0.2, -0.15) is 0 Å². The Balaban J connectivity index is 1.57. The van der Waals surface area contributed by atoms with Gasteiger partial charge in [-0.3, -0.25) is 4.79 Å². The van der Waals surface area contributed by atoms with E-state index in [-0.39, 0.29) is 12.4 Å². The zero-order valence-corrected chi connectivity index (χ0v) is 17.8. The number of furan rings is 2. The van der Waals surface area contributed by atoms with Crippen LogP contribution in [0.15, 0.2) is 69.5 Å². The van der Waals surface area contributed by atoms with Gasteiger partial charge in [-0.1, -0.05) is 23.2 Å². The van der Waals surface area contributed by atoms with E-state index < -0.39 is 5.91 Å². The molecule has 0 bridgehead atoms.